The van der Waals surface area contributed by atoms with Gasteiger partial charge in [-0.15, -0.1) is 0 Å². The first-order chi connectivity index (χ1) is 8.68. The maximum Gasteiger partial charge on any atom is 0.407 e. The lowest BCUT2D eigenvalue weighted by atomic mass is 10.1. The van der Waals surface area contributed by atoms with Gasteiger partial charge >= 0.3 is 6.09 Å². The Labute approximate surface area is 105 Å². The van der Waals surface area contributed by atoms with Crippen molar-refractivity contribution in [2.75, 3.05) is 6.54 Å². The summed E-state index contributed by atoms with van der Waals surface area (Å²) < 4.78 is 0. The van der Waals surface area contributed by atoms with Crippen LogP contribution in [0.3, 0.4) is 0 Å². The monoisotopic (exact) mass is 243 g/mol. The Morgan fingerprint density at radius 2 is 2.00 bits per heavy atom. The first-order valence-corrected chi connectivity index (χ1v) is 5.79. The standard InChI is InChI=1S/C14H13NO3/c16-13(9-8-11-5-2-1-3-6-11)12-7-4-10-15(12)14(17)18/h1-3,5-6,12H,4,7,10H2,(H,17,18)/t12-/m0/s1. The van der Waals surface area contributed by atoms with Crippen molar-refractivity contribution in [3.63, 3.8) is 0 Å². The molecule has 4 heteroatoms. The minimum absolute atomic E-state index is 0.321. The van der Waals surface area contributed by atoms with E-state index in [1.54, 1.807) is 0 Å². The van der Waals surface area contributed by atoms with Gasteiger partial charge in [0, 0.05) is 12.1 Å². The largest absolute Gasteiger partial charge is 0.465 e. The SMILES string of the molecule is O=C(C#Cc1ccccc1)[C@@H]1CCCN1C(=O)O. The number of likely N-dealkylation sites (tertiary alicyclic amines) is 1. The Morgan fingerprint density at radius 1 is 1.28 bits per heavy atom. The van der Waals surface area contributed by atoms with Crippen molar-refractivity contribution in [2.24, 2.45) is 0 Å². The van der Waals surface area contributed by atoms with Gasteiger partial charge in [0.05, 0.1) is 0 Å². The van der Waals surface area contributed by atoms with E-state index in [4.69, 9.17) is 5.11 Å². The van der Waals surface area contributed by atoms with Gasteiger partial charge < -0.3 is 5.11 Å². The van der Waals surface area contributed by atoms with Crippen LogP contribution >= 0.6 is 0 Å². The van der Waals surface area contributed by atoms with E-state index in [0.29, 0.717) is 13.0 Å². The lowest BCUT2D eigenvalue weighted by Gasteiger charge is -2.17. The zero-order valence-corrected chi connectivity index (χ0v) is 9.80. The van der Waals surface area contributed by atoms with E-state index in [2.05, 4.69) is 11.8 Å². The highest BCUT2D eigenvalue weighted by molar-refractivity contribution is 6.01. The number of hydrogen-bond donors (Lipinski definition) is 1. The molecule has 92 valence electrons. The van der Waals surface area contributed by atoms with Crippen molar-refractivity contribution in [2.45, 2.75) is 18.9 Å². The molecule has 4 nitrogen and oxygen atoms in total. The summed E-state index contributed by atoms with van der Waals surface area (Å²) >= 11 is 0. The van der Waals surface area contributed by atoms with Gasteiger partial charge in [0.1, 0.15) is 6.04 Å². The number of hydrogen-bond acceptors (Lipinski definition) is 2. The Balaban J connectivity index is 2.09. The molecule has 1 N–H and O–H groups in total. The fourth-order valence-electron chi connectivity index (χ4n) is 2.01. The molecule has 0 aliphatic carbocycles. The average molecular weight is 243 g/mol. The van der Waals surface area contributed by atoms with E-state index in [1.807, 2.05) is 30.3 Å². The molecule has 1 fully saturated rings. The van der Waals surface area contributed by atoms with Gasteiger partial charge in [-0.05, 0) is 30.9 Å². The normalized spacial score (nSPS) is 18.0. The third-order valence-corrected chi connectivity index (χ3v) is 2.90. The zero-order valence-electron chi connectivity index (χ0n) is 9.80. The lowest BCUT2D eigenvalue weighted by Crippen LogP contribution is -2.39. The Kier molecular flexibility index (Phi) is 3.63. The van der Waals surface area contributed by atoms with Crippen molar-refractivity contribution in [3.05, 3.63) is 35.9 Å². The minimum Gasteiger partial charge on any atom is -0.465 e. The van der Waals surface area contributed by atoms with E-state index in [9.17, 15) is 9.59 Å². The summed E-state index contributed by atoms with van der Waals surface area (Å²) in [6.45, 7) is 0.415. The van der Waals surface area contributed by atoms with Crippen LogP contribution in [0.2, 0.25) is 0 Å². The fraction of sp³-hybridized carbons (Fsp3) is 0.286. The molecule has 1 saturated heterocycles. The third-order valence-electron chi connectivity index (χ3n) is 2.90. The predicted molar refractivity (Wildman–Crippen MR) is 66.1 cm³/mol. The van der Waals surface area contributed by atoms with Crippen molar-refractivity contribution in [1.29, 1.82) is 0 Å². The van der Waals surface area contributed by atoms with Crippen LogP contribution in [0.4, 0.5) is 4.79 Å². The molecular weight excluding hydrogens is 230 g/mol. The van der Waals surface area contributed by atoms with Gasteiger partial charge in [-0.2, -0.15) is 0 Å². The van der Waals surface area contributed by atoms with Crippen LogP contribution in [0.25, 0.3) is 0 Å². The van der Waals surface area contributed by atoms with Gasteiger partial charge in [0.15, 0.2) is 0 Å². The highest BCUT2D eigenvalue weighted by Gasteiger charge is 2.32. The van der Waals surface area contributed by atoms with E-state index in [-0.39, 0.29) is 5.78 Å². The van der Waals surface area contributed by atoms with Gasteiger partial charge in [-0.25, -0.2) is 4.79 Å². The number of carboxylic acid groups (broad SMARTS) is 1. The Morgan fingerprint density at radius 3 is 2.67 bits per heavy atom. The van der Waals surface area contributed by atoms with E-state index in [1.165, 1.54) is 4.90 Å². The smallest absolute Gasteiger partial charge is 0.407 e. The Bertz CT molecular complexity index is 513. The van der Waals surface area contributed by atoms with Crippen LogP contribution in [-0.2, 0) is 4.79 Å². The summed E-state index contributed by atoms with van der Waals surface area (Å²) in [6, 6.07) is 8.57. The zero-order chi connectivity index (χ0) is 13.0. The van der Waals surface area contributed by atoms with Gasteiger partial charge in [-0.1, -0.05) is 24.1 Å². The number of carbonyl (C=O) groups is 2. The van der Waals surface area contributed by atoms with Gasteiger partial charge in [0.2, 0.25) is 5.78 Å². The highest BCUT2D eigenvalue weighted by atomic mass is 16.4. The molecular formula is C14H13NO3. The van der Waals surface area contributed by atoms with Gasteiger partial charge in [0.25, 0.3) is 0 Å². The molecule has 0 unspecified atom stereocenters. The molecule has 1 heterocycles. The molecule has 0 spiro atoms. The quantitative estimate of drug-likeness (QED) is 0.764. The molecule has 0 bridgehead atoms. The first kappa shape index (κ1) is 12.2. The maximum absolute atomic E-state index is 11.9. The molecule has 1 atom stereocenters. The molecule has 1 aromatic rings. The van der Waals surface area contributed by atoms with Crippen molar-refractivity contribution in [1.82, 2.24) is 4.90 Å². The molecule has 0 aromatic heterocycles. The van der Waals surface area contributed by atoms with Crippen LogP contribution in [-0.4, -0.2) is 34.5 Å². The van der Waals surface area contributed by atoms with E-state index in [0.717, 1.165) is 12.0 Å². The minimum atomic E-state index is -1.05. The molecule has 1 amide bonds. The lowest BCUT2D eigenvalue weighted by molar-refractivity contribution is -0.117. The van der Waals surface area contributed by atoms with Crippen LogP contribution < -0.4 is 0 Å². The number of benzene rings is 1. The van der Waals surface area contributed by atoms with Crippen LogP contribution in [0.1, 0.15) is 18.4 Å². The molecule has 2 rings (SSSR count). The summed E-state index contributed by atoms with van der Waals surface area (Å²) in [4.78, 5) is 23.9. The first-order valence-electron chi connectivity index (χ1n) is 5.79. The summed E-state index contributed by atoms with van der Waals surface area (Å²) in [5.74, 6) is 4.97. The number of carbonyl (C=O) groups excluding carboxylic acids is 1. The average Bonchev–Trinajstić information content (AvgIpc) is 2.86. The fourth-order valence-corrected chi connectivity index (χ4v) is 2.01. The summed E-state index contributed by atoms with van der Waals surface area (Å²) in [5, 5.41) is 8.94. The topological polar surface area (TPSA) is 57.6 Å². The van der Waals surface area contributed by atoms with E-state index >= 15 is 0 Å². The molecule has 1 aliphatic heterocycles. The number of rotatable bonds is 1. The van der Waals surface area contributed by atoms with Crippen LogP contribution in [0.5, 0.6) is 0 Å². The number of Topliss-reactive ketones (excluding diaryl/α,β-unsaturated/α-hetero) is 1. The molecule has 1 aromatic carbocycles. The molecule has 0 saturated carbocycles. The summed E-state index contributed by atoms with van der Waals surface area (Å²) in [6.07, 6.45) is 0.233. The number of amides is 1. The summed E-state index contributed by atoms with van der Waals surface area (Å²) in [7, 11) is 0. The highest BCUT2D eigenvalue weighted by Crippen LogP contribution is 2.17. The maximum atomic E-state index is 11.9. The number of nitrogens with zero attached hydrogens (tertiary/aromatic N) is 1. The predicted octanol–water partition coefficient (Wildman–Crippen LogP) is 1.75. The second kappa shape index (κ2) is 5.37. The molecule has 18 heavy (non-hydrogen) atoms. The van der Waals surface area contributed by atoms with Gasteiger partial charge in [-0.3, -0.25) is 9.69 Å². The second-order valence-electron chi connectivity index (χ2n) is 4.11. The van der Waals surface area contributed by atoms with Crippen molar-refractivity contribution < 1.29 is 14.7 Å². The van der Waals surface area contributed by atoms with E-state index < -0.39 is 12.1 Å². The molecule has 1 aliphatic rings. The summed E-state index contributed by atoms with van der Waals surface area (Å²) in [5.41, 5.74) is 0.755. The number of ketones is 1. The third kappa shape index (κ3) is 2.69. The second-order valence-corrected chi connectivity index (χ2v) is 4.11. The Hall–Kier alpha value is -2.28. The van der Waals surface area contributed by atoms with Crippen LogP contribution in [0.15, 0.2) is 30.3 Å². The van der Waals surface area contributed by atoms with Crippen molar-refractivity contribution >= 4 is 11.9 Å². The molecule has 0 radical (unpaired) electrons. The van der Waals surface area contributed by atoms with Crippen LogP contribution in [0, 0.1) is 11.8 Å². The van der Waals surface area contributed by atoms with Crippen molar-refractivity contribution in [3.8, 4) is 11.8 Å².